The molecule has 0 bridgehead atoms. The van der Waals surface area contributed by atoms with Crippen LogP contribution in [-0.4, -0.2) is 47.8 Å². The maximum atomic E-state index is 12.4. The van der Waals surface area contributed by atoms with Gasteiger partial charge in [-0.25, -0.2) is 0 Å². The summed E-state index contributed by atoms with van der Waals surface area (Å²) in [4.78, 5) is 27.9. The highest BCUT2D eigenvalue weighted by molar-refractivity contribution is 5.83. The van der Waals surface area contributed by atoms with Crippen LogP contribution in [0, 0.1) is 5.92 Å². The van der Waals surface area contributed by atoms with Crippen molar-refractivity contribution in [3.8, 4) is 0 Å². The molecule has 0 radical (unpaired) electrons. The molecule has 0 aromatic rings. The van der Waals surface area contributed by atoms with Gasteiger partial charge in [-0.15, -0.1) is 0 Å². The van der Waals surface area contributed by atoms with Crippen LogP contribution < -0.4 is 0 Å². The van der Waals surface area contributed by atoms with Crippen LogP contribution in [-0.2, 0) is 9.59 Å². The van der Waals surface area contributed by atoms with Crippen LogP contribution >= 0.6 is 0 Å². The minimum Gasteiger partial charge on any atom is -0.341 e. The Morgan fingerprint density at radius 3 is 2.59 bits per heavy atom. The Morgan fingerprint density at radius 2 is 2.00 bits per heavy atom. The Balaban J connectivity index is 1.81. The van der Waals surface area contributed by atoms with Crippen LogP contribution in [0.4, 0.5) is 0 Å². The zero-order chi connectivity index (χ0) is 15.9. The van der Waals surface area contributed by atoms with Crippen LogP contribution in [0.2, 0.25) is 0 Å². The lowest BCUT2D eigenvalue weighted by Gasteiger charge is -2.32. The molecule has 2 rings (SSSR count). The molecule has 0 aromatic carbocycles. The van der Waals surface area contributed by atoms with Gasteiger partial charge < -0.3 is 9.80 Å². The topological polar surface area (TPSA) is 40.6 Å². The third kappa shape index (κ3) is 5.15. The summed E-state index contributed by atoms with van der Waals surface area (Å²) >= 11 is 0. The van der Waals surface area contributed by atoms with E-state index in [9.17, 15) is 9.59 Å². The fourth-order valence-corrected chi connectivity index (χ4v) is 3.28. The summed E-state index contributed by atoms with van der Waals surface area (Å²) in [6, 6.07) is 0. The number of allylic oxidation sites excluding steroid dienone is 1. The Hall–Kier alpha value is -1.32. The van der Waals surface area contributed by atoms with Crippen LogP contribution in [0.1, 0.15) is 58.8 Å². The second kappa shape index (κ2) is 8.35. The fourth-order valence-electron chi connectivity index (χ4n) is 3.28. The number of carbonyl (C=O) groups is 2. The molecule has 1 fully saturated rings. The molecule has 1 heterocycles. The van der Waals surface area contributed by atoms with E-state index in [4.69, 9.17) is 0 Å². The average molecular weight is 306 g/mol. The second-order valence-corrected chi connectivity index (χ2v) is 6.86. The van der Waals surface area contributed by atoms with Gasteiger partial charge in [-0.3, -0.25) is 9.59 Å². The number of hydrogen-bond acceptors (Lipinski definition) is 2. The summed E-state index contributed by atoms with van der Waals surface area (Å²) in [5.41, 5.74) is 1.46. The normalized spacial score (nSPS) is 19.7. The van der Waals surface area contributed by atoms with Crippen LogP contribution in [0.15, 0.2) is 11.6 Å². The first kappa shape index (κ1) is 17.0. The lowest BCUT2D eigenvalue weighted by molar-refractivity contribution is -0.140. The van der Waals surface area contributed by atoms with Crippen molar-refractivity contribution in [2.24, 2.45) is 5.92 Å². The molecule has 2 aliphatic rings. The van der Waals surface area contributed by atoms with E-state index in [1.54, 1.807) is 11.8 Å². The number of amides is 2. The van der Waals surface area contributed by atoms with Crippen LogP contribution in [0.25, 0.3) is 0 Å². The predicted octanol–water partition coefficient (Wildman–Crippen LogP) is 2.98. The summed E-state index contributed by atoms with van der Waals surface area (Å²) < 4.78 is 0. The van der Waals surface area contributed by atoms with Gasteiger partial charge in [-0.2, -0.15) is 0 Å². The molecular weight excluding hydrogens is 276 g/mol. The number of piperidine rings is 1. The van der Waals surface area contributed by atoms with Gasteiger partial charge in [-0.1, -0.05) is 18.6 Å². The van der Waals surface area contributed by atoms with Crippen molar-refractivity contribution < 1.29 is 9.59 Å². The molecule has 2 amide bonds. The van der Waals surface area contributed by atoms with E-state index >= 15 is 0 Å². The Labute approximate surface area is 134 Å². The lowest BCUT2D eigenvalue weighted by Crippen LogP contribution is -2.45. The van der Waals surface area contributed by atoms with E-state index in [2.05, 4.69) is 13.0 Å². The minimum absolute atomic E-state index is 0.00939. The van der Waals surface area contributed by atoms with Crippen molar-refractivity contribution in [2.75, 3.05) is 26.2 Å². The first-order chi connectivity index (χ1) is 10.6. The quantitative estimate of drug-likeness (QED) is 0.733. The first-order valence-electron chi connectivity index (χ1n) is 8.77. The fraction of sp³-hybridized carbons (Fsp3) is 0.778. The SMILES string of the molecule is CC(=O)N(CCC1=CCCCC1)CC(=O)N1CCC(C)CC1. The zero-order valence-electron chi connectivity index (χ0n) is 14.1. The van der Waals surface area contributed by atoms with E-state index in [0.29, 0.717) is 12.5 Å². The molecular formula is C18H30N2O2. The van der Waals surface area contributed by atoms with Gasteiger partial charge in [0.15, 0.2) is 0 Å². The summed E-state index contributed by atoms with van der Waals surface area (Å²) in [6.07, 6.45) is 10.3. The molecule has 0 unspecified atom stereocenters. The molecule has 0 saturated carbocycles. The maximum absolute atomic E-state index is 12.4. The summed E-state index contributed by atoms with van der Waals surface area (Å²) in [5.74, 6) is 0.834. The Bertz CT molecular complexity index is 423. The van der Waals surface area contributed by atoms with Crippen molar-refractivity contribution >= 4 is 11.8 Å². The predicted molar refractivity (Wildman–Crippen MR) is 88.4 cm³/mol. The van der Waals surface area contributed by atoms with Crippen molar-refractivity contribution in [1.29, 1.82) is 0 Å². The highest BCUT2D eigenvalue weighted by atomic mass is 16.2. The van der Waals surface area contributed by atoms with Gasteiger partial charge in [0, 0.05) is 26.6 Å². The van der Waals surface area contributed by atoms with Gasteiger partial charge in [0.1, 0.15) is 0 Å². The third-order valence-electron chi connectivity index (χ3n) is 5.00. The smallest absolute Gasteiger partial charge is 0.242 e. The van der Waals surface area contributed by atoms with E-state index < -0.39 is 0 Å². The number of likely N-dealkylation sites (tertiary alicyclic amines) is 1. The van der Waals surface area contributed by atoms with Gasteiger partial charge in [0.05, 0.1) is 6.54 Å². The number of nitrogens with zero attached hydrogens (tertiary/aromatic N) is 2. The molecule has 4 heteroatoms. The molecule has 124 valence electrons. The minimum atomic E-state index is 0.00939. The van der Waals surface area contributed by atoms with Crippen molar-refractivity contribution in [1.82, 2.24) is 9.80 Å². The second-order valence-electron chi connectivity index (χ2n) is 6.86. The van der Waals surface area contributed by atoms with Crippen molar-refractivity contribution in [3.63, 3.8) is 0 Å². The van der Waals surface area contributed by atoms with E-state index in [0.717, 1.165) is 38.8 Å². The highest BCUT2D eigenvalue weighted by Crippen LogP contribution is 2.20. The molecule has 0 N–H and O–H groups in total. The standard InChI is InChI=1S/C18H30N2O2/c1-15-8-11-19(12-9-15)18(22)14-20(16(2)21)13-10-17-6-4-3-5-7-17/h6,15H,3-5,7-14H2,1-2H3. The first-order valence-corrected chi connectivity index (χ1v) is 8.77. The van der Waals surface area contributed by atoms with Gasteiger partial charge in [-0.05, 0) is 50.9 Å². The molecule has 4 nitrogen and oxygen atoms in total. The van der Waals surface area contributed by atoms with Crippen molar-refractivity contribution in [2.45, 2.75) is 58.8 Å². The van der Waals surface area contributed by atoms with Crippen LogP contribution in [0.3, 0.4) is 0 Å². The van der Waals surface area contributed by atoms with Gasteiger partial charge in [0.2, 0.25) is 11.8 Å². The summed E-state index contributed by atoms with van der Waals surface area (Å²) in [5, 5.41) is 0. The molecule has 0 spiro atoms. The average Bonchev–Trinajstić information content (AvgIpc) is 2.52. The van der Waals surface area contributed by atoms with Gasteiger partial charge >= 0.3 is 0 Å². The van der Waals surface area contributed by atoms with E-state index in [-0.39, 0.29) is 18.4 Å². The number of rotatable bonds is 5. The zero-order valence-corrected chi connectivity index (χ0v) is 14.1. The van der Waals surface area contributed by atoms with Gasteiger partial charge in [0.25, 0.3) is 0 Å². The van der Waals surface area contributed by atoms with Crippen molar-refractivity contribution in [3.05, 3.63) is 11.6 Å². The number of carbonyl (C=O) groups excluding carboxylic acids is 2. The molecule has 22 heavy (non-hydrogen) atoms. The monoisotopic (exact) mass is 306 g/mol. The summed E-state index contributed by atoms with van der Waals surface area (Å²) in [7, 11) is 0. The van der Waals surface area contributed by atoms with E-state index in [1.807, 2.05) is 4.90 Å². The Kier molecular flexibility index (Phi) is 6.47. The summed E-state index contributed by atoms with van der Waals surface area (Å²) in [6.45, 7) is 6.42. The molecule has 0 aromatic heterocycles. The largest absolute Gasteiger partial charge is 0.341 e. The third-order valence-corrected chi connectivity index (χ3v) is 5.00. The molecule has 1 aliphatic heterocycles. The van der Waals surface area contributed by atoms with Crippen LogP contribution in [0.5, 0.6) is 0 Å². The number of hydrogen-bond donors (Lipinski definition) is 0. The highest BCUT2D eigenvalue weighted by Gasteiger charge is 2.23. The maximum Gasteiger partial charge on any atom is 0.242 e. The van der Waals surface area contributed by atoms with E-state index in [1.165, 1.54) is 24.8 Å². The molecule has 1 saturated heterocycles. The molecule has 0 atom stereocenters. The lowest BCUT2D eigenvalue weighted by atomic mass is 9.97. The molecule has 1 aliphatic carbocycles. The Morgan fingerprint density at radius 1 is 1.27 bits per heavy atom.